The summed E-state index contributed by atoms with van der Waals surface area (Å²) in [6.45, 7) is 3.93. The van der Waals surface area contributed by atoms with Gasteiger partial charge in [-0.3, -0.25) is 9.59 Å². The van der Waals surface area contributed by atoms with Gasteiger partial charge < -0.3 is 5.73 Å². The summed E-state index contributed by atoms with van der Waals surface area (Å²) in [4.78, 5) is 23.3. The van der Waals surface area contributed by atoms with E-state index in [0.717, 1.165) is 0 Å². The normalized spacial score (nSPS) is 12.4. The number of Topliss-reactive ketones (excluding diaryl/α,β-unsaturated/α-hetero) is 1. The molecule has 3 nitrogen and oxygen atoms in total. The average Bonchev–Trinajstić information content (AvgIpc) is 2.31. The first kappa shape index (κ1) is 16.8. The molecule has 0 aromatic heterocycles. The summed E-state index contributed by atoms with van der Waals surface area (Å²) in [5.74, 6) is -1.25. The molecule has 0 heterocycles. The first-order valence-corrected chi connectivity index (χ1v) is 7.33. The Kier molecular flexibility index (Phi) is 6.33. The summed E-state index contributed by atoms with van der Waals surface area (Å²) in [6.07, 6.45) is 0.633. The van der Waals surface area contributed by atoms with Gasteiger partial charge in [0.1, 0.15) is 11.6 Å². The quantitative estimate of drug-likeness (QED) is 0.826. The zero-order chi connectivity index (χ0) is 15.3. The maximum Gasteiger partial charge on any atom is 0.220 e. The van der Waals surface area contributed by atoms with E-state index in [9.17, 15) is 14.0 Å². The van der Waals surface area contributed by atoms with E-state index in [1.54, 1.807) is 12.1 Å². The Bertz CT molecular complexity index is 503. The molecule has 0 spiro atoms. The molecular weight excluding hydrogens is 325 g/mol. The van der Waals surface area contributed by atoms with Crippen LogP contribution in [0.3, 0.4) is 0 Å². The summed E-state index contributed by atoms with van der Waals surface area (Å²) in [5, 5.41) is 0. The number of ketones is 1. The van der Waals surface area contributed by atoms with Crippen LogP contribution in [0.25, 0.3) is 0 Å². The van der Waals surface area contributed by atoms with Crippen molar-refractivity contribution < 1.29 is 14.0 Å². The van der Waals surface area contributed by atoms with E-state index in [1.165, 1.54) is 6.07 Å². The van der Waals surface area contributed by atoms with E-state index in [1.807, 2.05) is 13.8 Å². The molecule has 1 rings (SSSR count). The van der Waals surface area contributed by atoms with Gasteiger partial charge in [0.25, 0.3) is 0 Å². The number of amides is 1. The van der Waals surface area contributed by atoms with E-state index >= 15 is 0 Å². The molecule has 0 aliphatic rings. The smallest absolute Gasteiger partial charge is 0.220 e. The summed E-state index contributed by atoms with van der Waals surface area (Å²) in [6, 6.07) is 4.58. The summed E-state index contributed by atoms with van der Waals surface area (Å²) >= 11 is 3.16. The summed E-state index contributed by atoms with van der Waals surface area (Å²) in [5.41, 5.74) is 5.64. The van der Waals surface area contributed by atoms with E-state index < -0.39 is 17.6 Å². The molecule has 0 radical (unpaired) electrons. The Morgan fingerprint density at radius 3 is 2.50 bits per heavy atom. The highest BCUT2D eigenvalue weighted by Crippen LogP contribution is 2.19. The van der Waals surface area contributed by atoms with E-state index in [0.29, 0.717) is 16.5 Å². The van der Waals surface area contributed by atoms with Gasteiger partial charge >= 0.3 is 0 Å². The largest absolute Gasteiger partial charge is 0.369 e. The van der Waals surface area contributed by atoms with Crippen molar-refractivity contribution in [2.24, 2.45) is 17.6 Å². The lowest BCUT2D eigenvalue weighted by atomic mass is 9.90. The number of halogens is 2. The first-order chi connectivity index (χ1) is 9.29. The maximum absolute atomic E-state index is 13.6. The van der Waals surface area contributed by atoms with Gasteiger partial charge in [-0.25, -0.2) is 4.39 Å². The molecule has 1 amide bonds. The van der Waals surface area contributed by atoms with Gasteiger partial charge in [0.2, 0.25) is 5.91 Å². The van der Waals surface area contributed by atoms with Crippen molar-refractivity contribution in [3.8, 4) is 0 Å². The second kappa shape index (κ2) is 7.53. The topological polar surface area (TPSA) is 60.2 Å². The molecular formula is C15H19BrFNO2. The van der Waals surface area contributed by atoms with Crippen LogP contribution in [0.2, 0.25) is 0 Å². The second-order valence-corrected chi connectivity index (χ2v) is 6.30. The minimum Gasteiger partial charge on any atom is -0.369 e. The molecule has 0 bridgehead atoms. The molecule has 0 aliphatic heterocycles. The number of carbonyl (C=O) groups is 2. The molecule has 1 atom stereocenters. The van der Waals surface area contributed by atoms with Gasteiger partial charge in [0.05, 0.1) is 0 Å². The summed E-state index contributed by atoms with van der Waals surface area (Å²) < 4.78 is 14.3. The number of hydrogen-bond acceptors (Lipinski definition) is 2. The fraction of sp³-hybridized carbons (Fsp3) is 0.467. The average molecular weight is 344 g/mol. The van der Waals surface area contributed by atoms with E-state index in [-0.39, 0.29) is 24.5 Å². The molecule has 0 fully saturated rings. The molecule has 5 heteroatoms. The van der Waals surface area contributed by atoms with Gasteiger partial charge in [0.15, 0.2) is 0 Å². The molecule has 0 unspecified atom stereocenters. The van der Waals surface area contributed by atoms with Crippen LogP contribution in [-0.4, -0.2) is 11.7 Å². The van der Waals surface area contributed by atoms with Gasteiger partial charge in [-0.15, -0.1) is 0 Å². The van der Waals surface area contributed by atoms with Crippen LogP contribution in [0.15, 0.2) is 22.7 Å². The first-order valence-electron chi connectivity index (χ1n) is 6.54. The molecule has 1 aromatic carbocycles. The highest BCUT2D eigenvalue weighted by Gasteiger charge is 2.21. The van der Waals surface area contributed by atoms with Gasteiger partial charge in [0, 0.05) is 23.2 Å². The molecule has 0 saturated carbocycles. The standard InChI is InChI=1S/C15H19BrFNO2/c1-9(2)5-11(15(18)20)7-13(19)6-10-3-4-12(16)8-14(10)17/h3-4,8-9,11H,5-7H2,1-2H3,(H2,18,20)/t11-/m1/s1. The number of carbonyl (C=O) groups excluding carboxylic acids is 2. The molecule has 0 saturated heterocycles. The van der Waals surface area contributed by atoms with Crippen molar-refractivity contribution in [3.63, 3.8) is 0 Å². The Labute approximate surface area is 126 Å². The lowest BCUT2D eigenvalue weighted by molar-refractivity contribution is -0.127. The molecule has 20 heavy (non-hydrogen) atoms. The number of primary amides is 1. The predicted octanol–water partition coefficient (Wildman–Crippen LogP) is 3.24. The van der Waals surface area contributed by atoms with Crippen molar-refractivity contribution in [1.82, 2.24) is 0 Å². The SMILES string of the molecule is CC(C)C[C@H](CC(=O)Cc1ccc(Br)cc1F)C(N)=O. The molecule has 2 N–H and O–H groups in total. The van der Waals surface area contributed by atoms with Crippen molar-refractivity contribution in [3.05, 3.63) is 34.1 Å². The van der Waals surface area contributed by atoms with Crippen LogP contribution in [0.5, 0.6) is 0 Å². The maximum atomic E-state index is 13.6. The highest BCUT2D eigenvalue weighted by atomic mass is 79.9. The van der Waals surface area contributed by atoms with Crippen molar-refractivity contribution in [1.29, 1.82) is 0 Å². The van der Waals surface area contributed by atoms with Crippen molar-refractivity contribution in [2.75, 3.05) is 0 Å². The lowest BCUT2D eigenvalue weighted by Gasteiger charge is -2.14. The molecule has 1 aromatic rings. The Balaban J connectivity index is 2.68. The van der Waals surface area contributed by atoms with Crippen molar-refractivity contribution in [2.45, 2.75) is 33.1 Å². The van der Waals surface area contributed by atoms with Gasteiger partial charge in [-0.1, -0.05) is 35.8 Å². The Hall–Kier alpha value is -1.23. The van der Waals surface area contributed by atoms with E-state index in [2.05, 4.69) is 15.9 Å². The fourth-order valence-corrected chi connectivity index (χ4v) is 2.43. The fourth-order valence-electron chi connectivity index (χ4n) is 2.09. The van der Waals surface area contributed by atoms with Crippen LogP contribution in [0, 0.1) is 17.7 Å². The zero-order valence-corrected chi connectivity index (χ0v) is 13.2. The summed E-state index contributed by atoms with van der Waals surface area (Å²) in [7, 11) is 0. The minimum atomic E-state index is -0.471. The third-order valence-electron chi connectivity index (χ3n) is 3.04. The van der Waals surface area contributed by atoms with Crippen LogP contribution in [-0.2, 0) is 16.0 Å². The number of hydrogen-bond donors (Lipinski definition) is 1. The molecule has 110 valence electrons. The monoisotopic (exact) mass is 343 g/mol. The Morgan fingerprint density at radius 1 is 1.35 bits per heavy atom. The predicted molar refractivity (Wildman–Crippen MR) is 79.6 cm³/mol. The Morgan fingerprint density at radius 2 is 2.00 bits per heavy atom. The number of benzene rings is 1. The zero-order valence-electron chi connectivity index (χ0n) is 11.7. The van der Waals surface area contributed by atoms with Crippen LogP contribution in [0.4, 0.5) is 4.39 Å². The van der Waals surface area contributed by atoms with E-state index in [4.69, 9.17) is 5.73 Å². The van der Waals surface area contributed by atoms with Crippen LogP contribution < -0.4 is 5.73 Å². The van der Waals surface area contributed by atoms with Crippen LogP contribution >= 0.6 is 15.9 Å². The molecule has 0 aliphatic carbocycles. The van der Waals surface area contributed by atoms with Crippen LogP contribution in [0.1, 0.15) is 32.3 Å². The third kappa shape index (κ3) is 5.41. The van der Waals surface area contributed by atoms with Gasteiger partial charge in [-0.05, 0) is 30.0 Å². The van der Waals surface area contributed by atoms with Gasteiger partial charge in [-0.2, -0.15) is 0 Å². The number of rotatable bonds is 7. The third-order valence-corrected chi connectivity index (χ3v) is 3.53. The number of nitrogens with two attached hydrogens (primary N) is 1. The lowest BCUT2D eigenvalue weighted by Crippen LogP contribution is -2.27. The minimum absolute atomic E-state index is 0.0129. The van der Waals surface area contributed by atoms with Crippen molar-refractivity contribution >= 4 is 27.6 Å². The second-order valence-electron chi connectivity index (χ2n) is 5.38. The highest BCUT2D eigenvalue weighted by molar-refractivity contribution is 9.10.